The molecule has 1 heterocycles. The van der Waals surface area contributed by atoms with Gasteiger partial charge in [-0.15, -0.1) is 0 Å². The number of carbonyl (C=O) groups excluding carboxylic acids is 1. The number of rotatable bonds is 6. The summed E-state index contributed by atoms with van der Waals surface area (Å²) < 4.78 is 68.3. The molecule has 0 aliphatic heterocycles. The first-order chi connectivity index (χ1) is 16.7. The summed E-state index contributed by atoms with van der Waals surface area (Å²) in [5.41, 5.74) is 0.405. The average molecular weight is 491 g/mol. The van der Waals surface area contributed by atoms with E-state index in [-0.39, 0.29) is 11.6 Å². The van der Waals surface area contributed by atoms with Crippen molar-refractivity contribution in [3.8, 4) is 17.0 Å². The third kappa shape index (κ3) is 5.41. The third-order valence-electron chi connectivity index (χ3n) is 6.11. The Labute approximate surface area is 198 Å². The number of carbonyl (C=O) groups is 1. The Balaban J connectivity index is 1.61. The Hall–Kier alpha value is -3.56. The predicted octanol–water partition coefficient (Wildman–Crippen LogP) is 5.85. The van der Waals surface area contributed by atoms with Crippen molar-refractivity contribution in [1.82, 2.24) is 9.97 Å². The summed E-state index contributed by atoms with van der Waals surface area (Å²) in [5, 5.41) is 11.9. The minimum atomic E-state index is -2.28. The second-order valence-electron chi connectivity index (χ2n) is 8.58. The standard InChI is InChI=1S/C25H22F5N3O2/c26-20-16(21(27)23(29)24(30)22(20)28)11-19(35)33-25-17(10-13-4-2-1-3-5-13)32-18(12-31-25)14-6-8-15(34)9-7-14/h6-9,12-13,34H,1-5,10-11H2,(H,31,33,35). The molecule has 0 atom stereocenters. The van der Waals surface area contributed by atoms with E-state index in [0.717, 1.165) is 32.1 Å². The maximum atomic E-state index is 14.0. The lowest BCUT2D eigenvalue weighted by Crippen LogP contribution is -2.21. The summed E-state index contributed by atoms with van der Waals surface area (Å²) in [6.45, 7) is 0. The van der Waals surface area contributed by atoms with Crippen molar-refractivity contribution in [2.75, 3.05) is 5.32 Å². The van der Waals surface area contributed by atoms with Crippen molar-refractivity contribution in [2.45, 2.75) is 44.9 Å². The Morgan fingerprint density at radius 2 is 1.51 bits per heavy atom. The molecule has 1 aromatic heterocycles. The first-order valence-corrected chi connectivity index (χ1v) is 11.2. The highest BCUT2D eigenvalue weighted by atomic mass is 19.2. The minimum Gasteiger partial charge on any atom is -0.508 e. The quantitative estimate of drug-likeness (QED) is 0.258. The minimum absolute atomic E-state index is 0.0620. The van der Waals surface area contributed by atoms with Gasteiger partial charge in [0.15, 0.2) is 29.1 Å². The first kappa shape index (κ1) is 24.6. The van der Waals surface area contributed by atoms with Crippen LogP contribution in [0.1, 0.15) is 43.4 Å². The molecule has 1 amide bonds. The number of hydrogen-bond acceptors (Lipinski definition) is 4. The topological polar surface area (TPSA) is 75.1 Å². The van der Waals surface area contributed by atoms with E-state index < -0.39 is 47.0 Å². The van der Waals surface area contributed by atoms with Gasteiger partial charge in [-0.3, -0.25) is 4.79 Å². The summed E-state index contributed by atoms with van der Waals surface area (Å²) >= 11 is 0. The van der Waals surface area contributed by atoms with E-state index in [1.165, 1.54) is 18.3 Å². The van der Waals surface area contributed by atoms with Crippen LogP contribution < -0.4 is 5.32 Å². The molecule has 2 aromatic carbocycles. The van der Waals surface area contributed by atoms with Crippen LogP contribution in [0.2, 0.25) is 0 Å². The van der Waals surface area contributed by atoms with E-state index in [0.29, 0.717) is 29.3 Å². The molecule has 3 aromatic rings. The maximum absolute atomic E-state index is 14.0. The van der Waals surface area contributed by atoms with Crippen molar-refractivity contribution < 1.29 is 31.9 Å². The normalized spacial score (nSPS) is 14.2. The number of aromatic nitrogens is 2. The fourth-order valence-corrected chi connectivity index (χ4v) is 4.25. The van der Waals surface area contributed by atoms with Gasteiger partial charge in [0.2, 0.25) is 11.7 Å². The van der Waals surface area contributed by atoms with Crippen LogP contribution in [0.3, 0.4) is 0 Å². The highest BCUT2D eigenvalue weighted by molar-refractivity contribution is 5.92. The summed E-state index contributed by atoms with van der Waals surface area (Å²) in [5.74, 6) is -11.1. The molecular weight excluding hydrogens is 469 g/mol. The molecule has 1 saturated carbocycles. The van der Waals surface area contributed by atoms with Crippen LogP contribution in [0.4, 0.5) is 27.8 Å². The number of anilines is 1. The highest BCUT2D eigenvalue weighted by Gasteiger charge is 2.27. The molecule has 1 aliphatic rings. The van der Waals surface area contributed by atoms with Crippen molar-refractivity contribution in [3.63, 3.8) is 0 Å². The van der Waals surface area contributed by atoms with Crippen LogP contribution in [0, 0.1) is 35.0 Å². The smallest absolute Gasteiger partial charge is 0.230 e. The van der Waals surface area contributed by atoms with Crippen LogP contribution >= 0.6 is 0 Å². The third-order valence-corrected chi connectivity index (χ3v) is 6.11. The zero-order valence-corrected chi connectivity index (χ0v) is 18.6. The number of benzene rings is 2. The van der Waals surface area contributed by atoms with Gasteiger partial charge in [0.25, 0.3) is 0 Å². The number of hydrogen-bond donors (Lipinski definition) is 2. The highest BCUT2D eigenvalue weighted by Crippen LogP contribution is 2.30. The molecule has 4 rings (SSSR count). The Kier molecular flexibility index (Phi) is 7.28. The molecule has 1 fully saturated rings. The van der Waals surface area contributed by atoms with Gasteiger partial charge in [-0.1, -0.05) is 32.1 Å². The molecular formula is C25H22F5N3O2. The number of phenolic OH excluding ortho intramolecular Hbond substituents is 1. The number of amides is 1. The zero-order valence-electron chi connectivity index (χ0n) is 18.6. The predicted molar refractivity (Wildman–Crippen MR) is 118 cm³/mol. The summed E-state index contributed by atoms with van der Waals surface area (Å²) in [4.78, 5) is 21.4. The summed E-state index contributed by atoms with van der Waals surface area (Å²) in [6, 6.07) is 6.31. The lowest BCUT2D eigenvalue weighted by molar-refractivity contribution is -0.115. The van der Waals surface area contributed by atoms with Gasteiger partial charge in [-0.05, 0) is 36.6 Å². The molecule has 184 valence electrons. The zero-order chi connectivity index (χ0) is 25.1. The van der Waals surface area contributed by atoms with Gasteiger partial charge >= 0.3 is 0 Å². The number of nitrogens with zero attached hydrogens (tertiary/aromatic N) is 2. The molecule has 10 heteroatoms. The number of halogens is 5. The molecule has 0 bridgehead atoms. The largest absolute Gasteiger partial charge is 0.508 e. The lowest BCUT2D eigenvalue weighted by Gasteiger charge is -2.22. The van der Waals surface area contributed by atoms with Gasteiger partial charge < -0.3 is 10.4 Å². The Bertz CT molecular complexity index is 1220. The number of phenols is 1. The summed E-state index contributed by atoms with van der Waals surface area (Å²) in [6.07, 6.45) is 6.04. The second-order valence-corrected chi connectivity index (χ2v) is 8.58. The van der Waals surface area contributed by atoms with Crippen molar-refractivity contribution in [1.29, 1.82) is 0 Å². The molecule has 0 radical (unpaired) electrons. The SMILES string of the molecule is O=C(Cc1c(F)c(F)c(F)c(F)c1F)Nc1ncc(-c2ccc(O)cc2)nc1CC1CCCCC1. The summed E-state index contributed by atoms with van der Waals surface area (Å²) in [7, 11) is 0. The maximum Gasteiger partial charge on any atom is 0.230 e. The van der Waals surface area contributed by atoms with Crippen molar-refractivity contribution in [2.24, 2.45) is 5.92 Å². The molecule has 35 heavy (non-hydrogen) atoms. The fraction of sp³-hybridized carbons (Fsp3) is 0.320. The molecule has 5 nitrogen and oxygen atoms in total. The number of nitrogens with one attached hydrogen (secondary N) is 1. The van der Waals surface area contributed by atoms with Gasteiger partial charge in [0, 0.05) is 11.1 Å². The monoisotopic (exact) mass is 491 g/mol. The van der Waals surface area contributed by atoms with E-state index in [1.54, 1.807) is 12.1 Å². The van der Waals surface area contributed by atoms with Gasteiger partial charge in [-0.2, -0.15) is 0 Å². The molecule has 0 spiro atoms. The second kappa shape index (κ2) is 10.4. The van der Waals surface area contributed by atoms with E-state index >= 15 is 0 Å². The molecule has 1 aliphatic carbocycles. The fourth-order valence-electron chi connectivity index (χ4n) is 4.25. The van der Waals surface area contributed by atoms with E-state index in [1.807, 2.05) is 0 Å². The molecule has 2 N–H and O–H groups in total. The van der Waals surface area contributed by atoms with E-state index in [4.69, 9.17) is 0 Å². The van der Waals surface area contributed by atoms with Crippen LogP contribution in [0.25, 0.3) is 11.3 Å². The van der Waals surface area contributed by atoms with Crippen LogP contribution in [-0.4, -0.2) is 21.0 Å². The van der Waals surface area contributed by atoms with Crippen LogP contribution in [-0.2, 0) is 17.6 Å². The van der Waals surface area contributed by atoms with E-state index in [9.17, 15) is 31.9 Å². The van der Waals surface area contributed by atoms with Crippen LogP contribution in [0.5, 0.6) is 5.75 Å². The van der Waals surface area contributed by atoms with Crippen LogP contribution in [0.15, 0.2) is 30.5 Å². The van der Waals surface area contributed by atoms with E-state index in [2.05, 4.69) is 15.3 Å². The molecule has 0 saturated heterocycles. The van der Waals surface area contributed by atoms with Crippen molar-refractivity contribution in [3.05, 3.63) is 70.8 Å². The van der Waals surface area contributed by atoms with Gasteiger partial charge in [0.1, 0.15) is 5.75 Å². The Morgan fingerprint density at radius 1 is 0.914 bits per heavy atom. The number of aromatic hydroxyl groups is 1. The molecule has 0 unspecified atom stereocenters. The Morgan fingerprint density at radius 3 is 2.14 bits per heavy atom. The van der Waals surface area contributed by atoms with Gasteiger partial charge in [0.05, 0.1) is 24.0 Å². The lowest BCUT2D eigenvalue weighted by atomic mass is 9.86. The first-order valence-electron chi connectivity index (χ1n) is 11.2. The van der Waals surface area contributed by atoms with Gasteiger partial charge in [-0.25, -0.2) is 31.9 Å². The average Bonchev–Trinajstić information content (AvgIpc) is 2.86. The van der Waals surface area contributed by atoms with Crippen molar-refractivity contribution >= 4 is 11.7 Å².